The molecule has 0 aliphatic carbocycles. The van der Waals surface area contributed by atoms with Crippen LogP contribution in [0.3, 0.4) is 0 Å². The zero-order chi connectivity index (χ0) is 18.2. The van der Waals surface area contributed by atoms with E-state index < -0.39 is 0 Å². The van der Waals surface area contributed by atoms with E-state index in [0.29, 0.717) is 6.10 Å². The van der Waals surface area contributed by atoms with Crippen LogP contribution in [0, 0.1) is 12.8 Å². The second-order valence-electron chi connectivity index (χ2n) is 7.96. The maximum absolute atomic E-state index is 6.22. The summed E-state index contributed by atoms with van der Waals surface area (Å²) in [6.45, 7) is 5.35. The van der Waals surface area contributed by atoms with Crippen molar-refractivity contribution in [1.82, 2.24) is 0 Å². The Labute approximate surface area is 159 Å². The third kappa shape index (κ3) is 5.45. The first-order chi connectivity index (χ1) is 12.8. The molecule has 1 heterocycles. The molecule has 1 fully saturated rings. The van der Waals surface area contributed by atoms with Gasteiger partial charge in [-0.3, -0.25) is 0 Å². The summed E-state index contributed by atoms with van der Waals surface area (Å²) in [6, 6.07) is 17.7. The number of unbranched alkanes of at least 4 members (excludes halogenated alkanes) is 4. The molecule has 0 amide bonds. The van der Waals surface area contributed by atoms with Crippen LogP contribution in [0.2, 0.25) is 0 Å². The fourth-order valence-corrected chi connectivity index (χ4v) is 3.97. The molecule has 0 bridgehead atoms. The van der Waals surface area contributed by atoms with Gasteiger partial charge in [-0.15, -0.1) is 0 Å². The van der Waals surface area contributed by atoms with Crippen LogP contribution >= 0.6 is 0 Å². The van der Waals surface area contributed by atoms with Gasteiger partial charge in [0.25, 0.3) is 0 Å². The van der Waals surface area contributed by atoms with Gasteiger partial charge in [0.15, 0.2) is 0 Å². The Morgan fingerprint density at radius 3 is 2.08 bits per heavy atom. The molecule has 3 rings (SSSR count). The van der Waals surface area contributed by atoms with Crippen molar-refractivity contribution < 1.29 is 4.74 Å². The molecule has 2 unspecified atom stereocenters. The van der Waals surface area contributed by atoms with Crippen LogP contribution in [0.25, 0.3) is 11.1 Å². The number of hydrogen-bond donors (Lipinski definition) is 0. The summed E-state index contributed by atoms with van der Waals surface area (Å²) in [6.07, 6.45) is 11.0. The van der Waals surface area contributed by atoms with E-state index in [1.165, 1.54) is 73.6 Å². The predicted octanol–water partition coefficient (Wildman–Crippen LogP) is 7.49. The van der Waals surface area contributed by atoms with Crippen molar-refractivity contribution in [2.45, 2.75) is 71.3 Å². The van der Waals surface area contributed by atoms with E-state index in [-0.39, 0.29) is 0 Å². The van der Waals surface area contributed by atoms with Crippen LogP contribution in [-0.2, 0) is 4.74 Å². The molecule has 0 saturated carbocycles. The van der Waals surface area contributed by atoms with Gasteiger partial charge < -0.3 is 4.74 Å². The number of hydrogen-bond acceptors (Lipinski definition) is 1. The molecule has 0 radical (unpaired) electrons. The standard InChI is InChI=1S/C25H34O/c1-3-4-5-6-7-8-21-11-18-25(26-19-21)24-16-14-23(15-17-24)22-12-9-20(2)10-13-22/h9-10,12-17,21,25H,3-8,11,18-19H2,1-2H3. The first-order valence-corrected chi connectivity index (χ1v) is 10.5. The smallest absolute Gasteiger partial charge is 0.0825 e. The lowest BCUT2D eigenvalue weighted by Crippen LogP contribution is -2.20. The Kier molecular flexibility index (Phi) is 7.32. The third-order valence-electron chi connectivity index (χ3n) is 5.75. The van der Waals surface area contributed by atoms with E-state index >= 15 is 0 Å². The fourth-order valence-electron chi connectivity index (χ4n) is 3.97. The molecule has 2 aromatic carbocycles. The van der Waals surface area contributed by atoms with Gasteiger partial charge in [-0.25, -0.2) is 0 Å². The molecule has 2 aromatic rings. The molecule has 140 valence electrons. The van der Waals surface area contributed by atoms with Crippen molar-refractivity contribution in [3.63, 3.8) is 0 Å². The summed E-state index contributed by atoms with van der Waals surface area (Å²) in [7, 11) is 0. The molecular formula is C25H34O. The first kappa shape index (κ1) is 19.2. The topological polar surface area (TPSA) is 9.23 Å². The molecule has 0 spiro atoms. The second-order valence-corrected chi connectivity index (χ2v) is 7.96. The van der Waals surface area contributed by atoms with E-state index in [1.54, 1.807) is 0 Å². The Hall–Kier alpha value is -1.60. The average molecular weight is 351 g/mol. The SMILES string of the molecule is CCCCCCCC1CCC(c2ccc(-c3ccc(C)cc3)cc2)OC1. The summed E-state index contributed by atoms with van der Waals surface area (Å²) in [5.41, 5.74) is 5.22. The van der Waals surface area contributed by atoms with Crippen LogP contribution in [0.1, 0.15) is 75.5 Å². The zero-order valence-corrected chi connectivity index (χ0v) is 16.5. The molecule has 26 heavy (non-hydrogen) atoms. The summed E-state index contributed by atoms with van der Waals surface area (Å²) >= 11 is 0. The largest absolute Gasteiger partial charge is 0.373 e. The van der Waals surface area contributed by atoms with Crippen LogP contribution in [0.4, 0.5) is 0 Å². The number of aryl methyl sites for hydroxylation is 1. The molecule has 2 atom stereocenters. The van der Waals surface area contributed by atoms with Gasteiger partial charge in [0.2, 0.25) is 0 Å². The van der Waals surface area contributed by atoms with Crippen molar-refractivity contribution in [2.24, 2.45) is 5.92 Å². The Balaban J connectivity index is 1.46. The Bertz CT molecular complexity index is 633. The van der Waals surface area contributed by atoms with Gasteiger partial charge in [0.05, 0.1) is 12.7 Å². The molecule has 1 heteroatoms. The lowest BCUT2D eigenvalue weighted by atomic mass is 9.90. The van der Waals surface area contributed by atoms with Gasteiger partial charge >= 0.3 is 0 Å². The first-order valence-electron chi connectivity index (χ1n) is 10.5. The summed E-state index contributed by atoms with van der Waals surface area (Å²) in [5, 5.41) is 0. The van der Waals surface area contributed by atoms with Crippen LogP contribution in [-0.4, -0.2) is 6.61 Å². The predicted molar refractivity (Wildman–Crippen MR) is 111 cm³/mol. The molecule has 1 aliphatic rings. The molecule has 1 aliphatic heterocycles. The lowest BCUT2D eigenvalue weighted by molar-refractivity contribution is -0.0198. The summed E-state index contributed by atoms with van der Waals surface area (Å²) < 4.78 is 6.22. The highest BCUT2D eigenvalue weighted by Crippen LogP contribution is 2.33. The number of benzene rings is 2. The Morgan fingerprint density at radius 1 is 0.808 bits per heavy atom. The van der Waals surface area contributed by atoms with Crippen molar-refractivity contribution in [1.29, 1.82) is 0 Å². The molecule has 0 aromatic heterocycles. The van der Waals surface area contributed by atoms with Crippen molar-refractivity contribution >= 4 is 0 Å². The minimum absolute atomic E-state index is 0.290. The average Bonchev–Trinajstić information content (AvgIpc) is 2.69. The maximum atomic E-state index is 6.22. The quantitative estimate of drug-likeness (QED) is 0.448. The van der Waals surface area contributed by atoms with Crippen molar-refractivity contribution in [3.8, 4) is 11.1 Å². The van der Waals surface area contributed by atoms with E-state index in [9.17, 15) is 0 Å². The second kappa shape index (κ2) is 9.92. The molecule has 1 saturated heterocycles. The van der Waals surface area contributed by atoms with Gasteiger partial charge in [-0.1, -0.05) is 93.1 Å². The normalized spacial score (nSPS) is 20.2. The van der Waals surface area contributed by atoms with Crippen LogP contribution in [0.5, 0.6) is 0 Å². The zero-order valence-electron chi connectivity index (χ0n) is 16.5. The van der Waals surface area contributed by atoms with Crippen molar-refractivity contribution in [3.05, 3.63) is 59.7 Å². The van der Waals surface area contributed by atoms with E-state index in [1.807, 2.05) is 0 Å². The van der Waals surface area contributed by atoms with Gasteiger partial charge in [0.1, 0.15) is 0 Å². The van der Waals surface area contributed by atoms with Gasteiger partial charge in [-0.05, 0) is 48.8 Å². The van der Waals surface area contributed by atoms with Gasteiger partial charge in [-0.2, -0.15) is 0 Å². The third-order valence-corrected chi connectivity index (χ3v) is 5.75. The molecule has 0 N–H and O–H groups in total. The summed E-state index contributed by atoms with van der Waals surface area (Å²) in [5.74, 6) is 0.778. The fraction of sp³-hybridized carbons (Fsp3) is 0.520. The number of rotatable bonds is 8. The maximum Gasteiger partial charge on any atom is 0.0825 e. The highest BCUT2D eigenvalue weighted by molar-refractivity contribution is 5.64. The Morgan fingerprint density at radius 2 is 1.46 bits per heavy atom. The molecule has 1 nitrogen and oxygen atoms in total. The van der Waals surface area contributed by atoms with Crippen molar-refractivity contribution in [2.75, 3.05) is 6.61 Å². The van der Waals surface area contributed by atoms with Crippen LogP contribution in [0.15, 0.2) is 48.5 Å². The lowest BCUT2D eigenvalue weighted by Gasteiger charge is -2.29. The van der Waals surface area contributed by atoms with E-state index in [0.717, 1.165) is 12.5 Å². The van der Waals surface area contributed by atoms with E-state index in [2.05, 4.69) is 62.4 Å². The summed E-state index contributed by atoms with van der Waals surface area (Å²) in [4.78, 5) is 0. The number of ether oxygens (including phenoxy) is 1. The van der Waals surface area contributed by atoms with Gasteiger partial charge in [0, 0.05) is 0 Å². The highest BCUT2D eigenvalue weighted by Gasteiger charge is 2.22. The highest BCUT2D eigenvalue weighted by atomic mass is 16.5. The van der Waals surface area contributed by atoms with Crippen LogP contribution < -0.4 is 0 Å². The monoisotopic (exact) mass is 350 g/mol. The minimum atomic E-state index is 0.290. The molecular weight excluding hydrogens is 316 g/mol. The minimum Gasteiger partial charge on any atom is -0.373 e. The van der Waals surface area contributed by atoms with E-state index in [4.69, 9.17) is 4.74 Å².